The molecule has 3 heteroatoms. The van der Waals surface area contributed by atoms with Gasteiger partial charge in [-0.2, -0.15) is 5.26 Å². The molecule has 0 saturated carbocycles. The lowest BCUT2D eigenvalue weighted by Gasteiger charge is -2.36. The number of nitriles is 1. The van der Waals surface area contributed by atoms with E-state index in [0.717, 1.165) is 19.3 Å². The Morgan fingerprint density at radius 3 is 3.05 bits per heavy atom. The van der Waals surface area contributed by atoms with Gasteiger partial charge in [-0.25, -0.2) is 0 Å². The fourth-order valence-corrected chi connectivity index (χ4v) is 3.54. The first kappa shape index (κ1) is 12.6. The van der Waals surface area contributed by atoms with Crippen LogP contribution in [0.2, 0.25) is 0 Å². The Morgan fingerprint density at radius 1 is 1.47 bits per heavy atom. The van der Waals surface area contributed by atoms with E-state index >= 15 is 0 Å². The van der Waals surface area contributed by atoms with Crippen molar-refractivity contribution in [2.24, 2.45) is 5.92 Å². The largest absolute Gasteiger partial charge is 0.358 e. The predicted octanol–water partition coefficient (Wildman–Crippen LogP) is 4.18. The smallest absolute Gasteiger partial charge is 0.0621 e. The average molecular weight is 273 g/mol. The maximum absolute atomic E-state index is 8.78. The molecule has 0 saturated heterocycles. The number of H-pyrrole nitrogens is 1. The van der Waals surface area contributed by atoms with E-state index in [1.807, 2.05) is 0 Å². The Morgan fingerprint density at radius 2 is 2.26 bits per heavy atom. The lowest BCUT2D eigenvalue weighted by molar-refractivity contribution is 0.343. The standard InChI is InChI=1S/C16H17ClN2/c1-16(17)10-13-12-6-2-3-7-14(12)19-15(13)9-11(16)5-4-8-18/h2-3,6-7,11,19H,4-5,9-10H2,1H3/t11-,16+/m0/s1. The summed E-state index contributed by atoms with van der Waals surface area (Å²) in [4.78, 5) is 3.28. The fraction of sp³-hybridized carbons (Fsp3) is 0.438. The van der Waals surface area contributed by atoms with Crippen LogP contribution in [0, 0.1) is 17.2 Å². The number of benzene rings is 1. The highest BCUT2D eigenvalue weighted by atomic mass is 35.5. The van der Waals surface area contributed by atoms with Crippen molar-refractivity contribution in [2.75, 3.05) is 0 Å². The third kappa shape index (κ3) is 2.13. The molecule has 19 heavy (non-hydrogen) atoms. The van der Waals surface area contributed by atoms with Gasteiger partial charge in [-0.1, -0.05) is 18.2 Å². The van der Waals surface area contributed by atoms with Crippen LogP contribution in [-0.2, 0) is 12.8 Å². The van der Waals surface area contributed by atoms with Gasteiger partial charge in [-0.05, 0) is 43.7 Å². The van der Waals surface area contributed by atoms with E-state index in [4.69, 9.17) is 16.9 Å². The molecule has 0 bridgehead atoms. The summed E-state index contributed by atoms with van der Waals surface area (Å²) in [6.07, 6.45) is 3.30. The van der Waals surface area contributed by atoms with E-state index in [1.54, 1.807) is 0 Å². The monoisotopic (exact) mass is 272 g/mol. The molecule has 1 aromatic heterocycles. The van der Waals surface area contributed by atoms with Crippen molar-refractivity contribution in [3.63, 3.8) is 0 Å². The molecule has 0 fully saturated rings. The van der Waals surface area contributed by atoms with Gasteiger partial charge in [-0.15, -0.1) is 11.6 Å². The zero-order valence-electron chi connectivity index (χ0n) is 11.0. The van der Waals surface area contributed by atoms with Crippen molar-refractivity contribution >= 4 is 22.5 Å². The van der Waals surface area contributed by atoms with Crippen molar-refractivity contribution in [3.8, 4) is 6.07 Å². The van der Waals surface area contributed by atoms with Crippen LogP contribution in [0.1, 0.15) is 31.0 Å². The third-order valence-electron chi connectivity index (χ3n) is 4.33. The van der Waals surface area contributed by atoms with E-state index in [9.17, 15) is 0 Å². The van der Waals surface area contributed by atoms with Crippen LogP contribution in [-0.4, -0.2) is 9.86 Å². The van der Waals surface area contributed by atoms with Gasteiger partial charge in [0.2, 0.25) is 0 Å². The molecule has 1 aromatic carbocycles. The van der Waals surface area contributed by atoms with Gasteiger partial charge in [0, 0.05) is 27.9 Å². The molecule has 0 amide bonds. The lowest BCUT2D eigenvalue weighted by atomic mass is 9.76. The summed E-state index contributed by atoms with van der Waals surface area (Å²) < 4.78 is 0. The SMILES string of the molecule is C[C@@]1(Cl)Cc2c([nH]c3ccccc23)C[C@@H]1CCC#N. The zero-order valence-corrected chi connectivity index (χ0v) is 11.8. The zero-order chi connectivity index (χ0) is 13.5. The molecule has 1 aliphatic rings. The molecule has 1 heterocycles. The maximum Gasteiger partial charge on any atom is 0.0621 e. The van der Waals surface area contributed by atoms with E-state index in [0.29, 0.717) is 12.3 Å². The van der Waals surface area contributed by atoms with E-state index < -0.39 is 0 Å². The van der Waals surface area contributed by atoms with Crippen LogP contribution in [0.4, 0.5) is 0 Å². The number of hydrogen-bond donors (Lipinski definition) is 1. The molecule has 1 aliphatic carbocycles. The number of aromatic nitrogens is 1. The van der Waals surface area contributed by atoms with Gasteiger partial charge < -0.3 is 4.98 Å². The van der Waals surface area contributed by atoms with Crippen molar-refractivity contribution < 1.29 is 0 Å². The number of fused-ring (bicyclic) bond motifs is 3. The molecular formula is C16H17ClN2. The van der Waals surface area contributed by atoms with Gasteiger partial charge in [0.05, 0.1) is 6.07 Å². The second-order valence-corrected chi connectivity index (χ2v) is 6.54. The summed E-state index contributed by atoms with van der Waals surface area (Å²) in [5.74, 6) is 0.370. The van der Waals surface area contributed by atoms with Gasteiger partial charge in [-0.3, -0.25) is 0 Å². The first-order valence-corrected chi connectivity index (χ1v) is 7.14. The van der Waals surface area contributed by atoms with Crippen molar-refractivity contribution in [3.05, 3.63) is 35.5 Å². The Bertz CT molecular complexity index is 648. The topological polar surface area (TPSA) is 39.6 Å². The van der Waals surface area contributed by atoms with Crippen molar-refractivity contribution in [1.82, 2.24) is 4.98 Å². The Hall–Kier alpha value is -1.46. The van der Waals surface area contributed by atoms with Crippen LogP contribution in [0.5, 0.6) is 0 Å². The van der Waals surface area contributed by atoms with Gasteiger partial charge in [0.15, 0.2) is 0 Å². The molecule has 2 nitrogen and oxygen atoms in total. The molecule has 0 unspecified atom stereocenters. The van der Waals surface area contributed by atoms with Crippen LogP contribution in [0.25, 0.3) is 10.9 Å². The maximum atomic E-state index is 8.78. The quantitative estimate of drug-likeness (QED) is 0.819. The first-order chi connectivity index (χ1) is 9.12. The predicted molar refractivity (Wildman–Crippen MR) is 78.3 cm³/mol. The molecule has 3 rings (SSSR count). The second-order valence-electron chi connectivity index (χ2n) is 5.68. The van der Waals surface area contributed by atoms with Crippen molar-refractivity contribution in [1.29, 1.82) is 5.26 Å². The minimum atomic E-state index is -0.241. The third-order valence-corrected chi connectivity index (χ3v) is 4.77. The Balaban J connectivity index is 2.01. The highest BCUT2D eigenvalue weighted by Gasteiger charge is 2.38. The van der Waals surface area contributed by atoms with Crippen LogP contribution in [0.3, 0.4) is 0 Å². The number of nitrogens with one attached hydrogen (secondary N) is 1. The number of nitrogens with zero attached hydrogens (tertiary/aromatic N) is 1. The fourth-order valence-electron chi connectivity index (χ4n) is 3.22. The summed E-state index contributed by atoms with van der Waals surface area (Å²) in [5, 5.41) is 10.1. The van der Waals surface area contributed by atoms with Crippen LogP contribution in [0.15, 0.2) is 24.3 Å². The number of alkyl halides is 1. The Kier molecular flexibility index (Phi) is 3.03. The van der Waals surface area contributed by atoms with E-state index in [-0.39, 0.29) is 4.87 Å². The highest BCUT2D eigenvalue weighted by molar-refractivity contribution is 6.24. The second kappa shape index (κ2) is 4.58. The number of halogens is 1. The minimum Gasteiger partial charge on any atom is -0.358 e. The highest BCUT2D eigenvalue weighted by Crippen LogP contribution is 2.42. The van der Waals surface area contributed by atoms with Gasteiger partial charge in [0.25, 0.3) is 0 Å². The molecule has 98 valence electrons. The Labute approximate surface area is 118 Å². The summed E-state index contributed by atoms with van der Waals surface area (Å²) in [5.41, 5.74) is 3.87. The molecular weight excluding hydrogens is 256 g/mol. The molecule has 0 spiro atoms. The summed E-state index contributed by atoms with van der Waals surface area (Å²) in [7, 11) is 0. The number of para-hydroxylation sites is 1. The van der Waals surface area contributed by atoms with Gasteiger partial charge in [0.1, 0.15) is 0 Å². The average Bonchev–Trinajstić information content (AvgIpc) is 2.72. The minimum absolute atomic E-state index is 0.241. The normalized spacial score (nSPS) is 26.1. The first-order valence-electron chi connectivity index (χ1n) is 6.76. The number of rotatable bonds is 2. The molecule has 0 aliphatic heterocycles. The number of hydrogen-bond acceptors (Lipinski definition) is 1. The summed E-state index contributed by atoms with van der Waals surface area (Å²) in [6.45, 7) is 2.11. The molecule has 2 aromatic rings. The van der Waals surface area contributed by atoms with Crippen LogP contribution >= 0.6 is 11.6 Å². The van der Waals surface area contributed by atoms with Gasteiger partial charge >= 0.3 is 0 Å². The molecule has 2 atom stereocenters. The molecule has 0 radical (unpaired) electrons. The van der Waals surface area contributed by atoms with E-state index in [1.165, 1.54) is 22.2 Å². The summed E-state index contributed by atoms with van der Waals surface area (Å²) in [6, 6.07) is 10.6. The lowest BCUT2D eigenvalue weighted by Crippen LogP contribution is -2.36. The van der Waals surface area contributed by atoms with Crippen molar-refractivity contribution in [2.45, 2.75) is 37.5 Å². The molecule has 1 N–H and O–H groups in total. The number of aromatic amines is 1. The van der Waals surface area contributed by atoms with E-state index in [2.05, 4.69) is 42.2 Å². The summed E-state index contributed by atoms with van der Waals surface area (Å²) >= 11 is 6.74. The van der Waals surface area contributed by atoms with Crippen LogP contribution < -0.4 is 0 Å².